The maximum Gasteiger partial charge on any atom is 0.155 e. The van der Waals surface area contributed by atoms with Crippen LogP contribution in [-0.2, 0) is 9.78 Å². The van der Waals surface area contributed by atoms with Crippen molar-refractivity contribution >= 4 is 22.5 Å². The molecule has 1 rings (SSSR count). The summed E-state index contributed by atoms with van der Waals surface area (Å²) in [6.45, 7) is 2.40. The van der Waals surface area contributed by atoms with E-state index in [0.29, 0.717) is 6.61 Å². The molecule has 5 nitrogen and oxygen atoms in total. The summed E-state index contributed by atoms with van der Waals surface area (Å²) < 4.78 is 5.03. The number of hydrazone groups is 1. The van der Waals surface area contributed by atoms with Crippen LogP contribution in [0.4, 0.5) is 5.69 Å². The van der Waals surface area contributed by atoms with E-state index >= 15 is 0 Å². The van der Waals surface area contributed by atoms with Crippen LogP contribution >= 0.6 is 11.6 Å². The van der Waals surface area contributed by atoms with Crippen LogP contribution in [0.1, 0.15) is 6.92 Å². The maximum absolute atomic E-state index is 5.78. The van der Waals surface area contributed by atoms with E-state index in [1.807, 2.05) is 31.2 Å². The van der Waals surface area contributed by atoms with Crippen molar-refractivity contribution in [1.29, 1.82) is 0 Å². The minimum Gasteiger partial charge on any atom is -0.497 e. The first kappa shape index (κ1) is 13.8. The Balaban J connectivity index is 2.39. The number of ether oxygens (including phenoxy) is 1. The third kappa shape index (κ3) is 5.53. The van der Waals surface area contributed by atoms with Crippen molar-refractivity contribution in [3.63, 3.8) is 0 Å². The lowest BCUT2D eigenvalue weighted by molar-refractivity contribution is -0.278. The van der Waals surface area contributed by atoms with Gasteiger partial charge in [0.1, 0.15) is 12.4 Å². The van der Waals surface area contributed by atoms with Crippen molar-refractivity contribution in [3.05, 3.63) is 24.3 Å². The summed E-state index contributed by atoms with van der Waals surface area (Å²) in [5, 5.41) is 4.18. The summed E-state index contributed by atoms with van der Waals surface area (Å²) in [6, 6.07) is 7.30. The lowest BCUT2D eigenvalue weighted by Gasteiger charge is -2.03. The normalized spacial score (nSPS) is 11.4. The largest absolute Gasteiger partial charge is 0.497 e. The number of benzene rings is 1. The standard InChI is InChI=1S/C11H15ClN2O3/c1-3-16-17-8-11(12)14-13-9-4-6-10(15-2)7-5-9/h4-7,13H,3,8H2,1-2H3/b14-11+. The molecule has 0 amide bonds. The van der Waals surface area contributed by atoms with Crippen molar-refractivity contribution in [3.8, 4) is 5.75 Å². The van der Waals surface area contributed by atoms with Crippen molar-refractivity contribution in [2.45, 2.75) is 6.92 Å². The topological polar surface area (TPSA) is 52.1 Å². The van der Waals surface area contributed by atoms with Gasteiger partial charge in [0.15, 0.2) is 5.17 Å². The first-order valence-electron chi connectivity index (χ1n) is 5.12. The zero-order valence-electron chi connectivity index (χ0n) is 9.77. The van der Waals surface area contributed by atoms with Gasteiger partial charge in [-0.15, -0.1) is 0 Å². The fourth-order valence-corrected chi connectivity index (χ4v) is 1.08. The monoisotopic (exact) mass is 258 g/mol. The highest BCUT2D eigenvalue weighted by Gasteiger charge is 1.96. The Kier molecular flexibility index (Phi) is 6.39. The van der Waals surface area contributed by atoms with Crippen LogP contribution in [0.25, 0.3) is 0 Å². The molecule has 0 aliphatic rings. The quantitative estimate of drug-likeness (QED) is 0.354. The van der Waals surface area contributed by atoms with Gasteiger partial charge >= 0.3 is 0 Å². The summed E-state index contributed by atoms with van der Waals surface area (Å²) >= 11 is 5.78. The van der Waals surface area contributed by atoms with E-state index in [1.165, 1.54) is 0 Å². The summed E-state index contributed by atoms with van der Waals surface area (Å²) in [5.41, 5.74) is 3.59. The third-order valence-corrected chi connectivity index (χ3v) is 1.97. The van der Waals surface area contributed by atoms with Crippen LogP contribution in [0.15, 0.2) is 29.4 Å². The van der Waals surface area contributed by atoms with Gasteiger partial charge in [-0.05, 0) is 31.2 Å². The van der Waals surface area contributed by atoms with E-state index in [9.17, 15) is 0 Å². The molecule has 0 aliphatic heterocycles. The van der Waals surface area contributed by atoms with Gasteiger partial charge in [0.05, 0.1) is 19.4 Å². The molecule has 0 radical (unpaired) electrons. The highest BCUT2D eigenvalue weighted by atomic mass is 35.5. The molecule has 1 N–H and O–H groups in total. The van der Waals surface area contributed by atoms with Crippen LogP contribution in [-0.4, -0.2) is 25.5 Å². The van der Waals surface area contributed by atoms with Crippen LogP contribution < -0.4 is 10.2 Å². The second-order valence-electron chi connectivity index (χ2n) is 3.00. The molecule has 0 aromatic heterocycles. The molecule has 0 spiro atoms. The lowest BCUT2D eigenvalue weighted by Crippen LogP contribution is -2.05. The van der Waals surface area contributed by atoms with Crippen molar-refractivity contribution in [2.75, 3.05) is 25.7 Å². The molecule has 0 saturated carbocycles. The number of halogens is 1. The SMILES string of the molecule is CCOOC/C(Cl)=N\Nc1ccc(OC)cc1. The van der Waals surface area contributed by atoms with Crippen LogP contribution in [0.5, 0.6) is 5.75 Å². The number of nitrogens with zero attached hydrogens (tertiary/aromatic N) is 1. The Morgan fingerprint density at radius 3 is 2.59 bits per heavy atom. The number of hydrogen-bond donors (Lipinski definition) is 1. The van der Waals surface area contributed by atoms with Gasteiger partial charge < -0.3 is 4.74 Å². The predicted molar refractivity (Wildman–Crippen MR) is 67.5 cm³/mol. The van der Waals surface area contributed by atoms with E-state index in [2.05, 4.69) is 15.4 Å². The summed E-state index contributed by atoms with van der Waals surface area (Å²) in [7, 11) is 1.61. The summed E-state index contributed by atoms with van der Waals surface area (Å²) in [5.74, 6) is 0.783. The minimum absolute atomic E-state index is 0.110. The lowest BCUT2D eigenvalue weighted by atomic mass is 10.3. The first-order chi connectivity index (χ1) is 8.26. The van der Waals surface area contributed by atoms with Gasteiger partial charge in [0.2, 0.25) is 0 Å². The van der Waals surface area contributed by atoms with E-state index in [0.717, 1.165) is 11.4 Å². The highest BCUT2D eigenvalue weighted by molar-refractivity contribution is 6.65. The molecular weight excluding hydrogens is 244 g/mol. The smallest absolute Gasteiger partial charge is 0.155 e. The number of anilines is 1. The Bertz CT molecular complexity index is 354. The average molecular weight is 259 g/mol. The fraction of sp³-hybridized carbons (Fsp3) is 0.364. The van der Waals surface area contributed by atoms with Crippen molar-refractivity contribution in [2.24, 2.45) is 5.10 Å². The number of methoxy groups -OCH3 is 1. The minimum atomic E-state index is 0.110. The molecule has 0 bridgehead atoms. The second-order valence-corrected chi connectivity index (χ2v) is 3.43. The van der Waals surface area contributed by atoms with E-state index in [4.69, 9.17) is 21.2 Å². The molecule has 0 saturated heterocycles. The molecule has 17 heavy (non-hydrogen) atoms. The van der Waals surface area contributed by atoms with E-state index in [-0.39, 0.29) is 11.8 Å². The zero-order valence-corrected chi connectivity index (χ0v) is 10.5. The van der Waals surface area contributed by atoms with Gasteiger partial charge in [0.25, 0.3) is 0 Å². The Labute approximate surface area is 105 Å². The molecule has 0 aliphatic carbocycles. The summed E-state index contributed by atoms with van der Waals surface area (Å²) in [4.78, 5) is 9.42. The van der Waals surface area contributed by atoms with Gasteiger partial charge in [-0.2, -0.15) is 5.10 Å². The van der Waals surface area contributed by atoms with E-state index < -0.39 is 0 Å². The number of nitrogens with one attached hydrogen (secondary N) is 1. The predicted octanol–water partition coefficient (Wildman–Crippen LogP) is 2.63. The molecule has 0 unspecified atom stereocenters. The van der Waals surface area contributed by atoms with Crippen LogP contribution in [0.3, 0.4) is 0 Å². The average Bonchev–Trinajstić information content (AvgIpc) is 2.37. The molecule has 6 heteroatoms. The van der Waals surface area contributed by atoms with Gasteiger partial charge in [0, 0.05) is 0 Å². The molecular formula is C11H15ClN2O3. The van der Waals surface area contributed by atoms with Gasteiger partial charge in [-0.3, -0.25) is 5.43 Å². The van der Waals surface area contributed by atoms with Crippen LogP contribution in [0, 0.1) is 0 Å². The molecule has 94 valence electrons. The summed E-state index contributed by atoms with van der Waals surface area (Å²) in [6.07, 6.45) is 0. The second kappa shape index (κ2) is 7.89. The molecule has 0 atom stereocenters. The highest BCUT2D eigenvalue weighted by Crippen LogP contribution is 2.14. The number of hydrogen-bond acceptors (Lipinski definition) is 5. The Morgan fingerprint density at radius 1 is 1.29 bits per heavy atom. The fourth-order valence-electron chi connectivity index (χ4n) is 0.997. The van der Waals surface area contributed by atoms with Gasteiger partial charge in [-0.25, -0.2) is 9.78 Å². The molecule has 0 heterocycles. The van der Waals surface area contributed by atoms with E-state index in [1.54, 1.807) is 7.11 Å². The first-order valence-corrected chi connectivity index (χ1v) is 5.50. The maximum atomic E-state index is 5.78. The van der Waals surface area contributed by atoms with Crippen LogP contribution in [0.2, 0.25) is 0 Å². The molecule has 0 fully saturated rings. The third-order valence-electron chi connectivity index (χ3n) is 1.78. The molecule has 1 aromatic rings. The molecule has 1 aromatic carbocycles. The van der Waals surface area contributed by atoms with Gasteiger partial charge in [-0.1, -0.05) is 11.6 Å². The Morgan fingerprint density at radius 2 is 2.00 bits per heavy atom. The van der Waals surface area contributed by atoms with Crippen molar-refractivity contribution < 1.29 is 14.5 Å². The van der Waals surface area contributed by atoms with Crippen molar-refractivity contribution in [1.82, 2.24) is 0 Å². The number of rotatable bonds is 7. The zero-order chi connectivity index (χ0) is 12.5. The Hall–Kier alpha value is -1.30.